The highest BCUT2D eigenvalue weighted by Gasteiger charge is 2.01. The predicted molar refractivity (Wildman–Crippen MR) is 92.5 cm³/mol. The second kappa shape index (κ2) is 9.09. The van der Waals surface area contributed by atoms with E-state index in [1.54, 1.807) is 12.1 Å². The Morgan fingerprint density at radius 2 is 1.96 bits per heavy atom. The molecule has 5 heteroatoms. The molecule has 0 unspecified atom stereocenters. The third kappa shape index (κ3) is 5.86. The summed E-state index contributed by atoms with van der Waals surface area (Å²) in [6.45, 7) is 0.433. The van der Waals surface area contributed by atoms with E-state index < -0.39 is 6.09 Å². The number of hydrogen-bond donors (Lipinski definition) is 1. The first-order valence-electron chi connectivity index (χ1n) is 6.97. The molecule has 0 bridgehead atoms. The molecule has 0 fully saturated rings. The Hall–Kier alpha value is -2.15. The highest BCUT2D eigenvalue weighted by Crippen LogP contribution is 2.18. The average Bonchev–Trinajstić information content (AvgIpc) is 2.59. The largest absolute Gasteiger partial charge is 0.445 e. The summed E-state index contributed by atoms with van der Waals surface area (Å²) in [6, 6.07) is 14.9. The van der Waals surface area contributed by atoms with Gasteiger partial charge in [0.05, 0.1) is 6.54 Å². The molecule has 23 heavy (non-hydrogen) atoms. The zero-order valence-corrected chi connectivity index (χ0v) is 13.8. The van der Waals surface area contributed by atoms with E-state index >= 15 is 0 Å². The van der Waals surface area contributed by atoms with E-state index in [0.29, 0.717) is 10.9 Å². The van der Waals surface area contributed by atoms with Crippen LogP contribution in [0.1, 0.15) is 16.7 Å². The Morgan fingerprint density at radius 1 is 1.17 bits per heavy atom. The smallest absolute Gasteiger partial charge is 0.408 e. The van der Waals surface area contributed by atoms with Crippen molar-refractivity contribution in [2.24, 2.45) is 0 Å². The van der Waals surface area contributed by atoms with Crippen molar-refractivity contribution in [1.29, 1.82) is 0 Å². The summed E-state index contributed by atoms with van der Waals surface area (Å²) in [5, 5.41) is 3.19. The zero-order chi connectivity index (χ0) is 16.5. The lowest BCUT2D eigenvalue weighted by Gasteiger charge is -2.04. The number of alkyl halides is 1. The molecular formula is C18H15Cl2NO2. The van der Waals surface area contributed by atoms with Gasteiger partial charge in [0, 0.05) is 16.5 Å². The summed E-state index contributed by atoms with van der Waals surface area (Å²) in [5.74, 6) is 6.12. The average molecular weight is 348 g/mol. The lowest BCUT2D eigenvalue weighted by Crippen LogP contribution is -2.24. The molecule has 0 aliphatic carbocycles. The standard InChI is InChI=1S/C18H15Cl2NO2/c19-12-16-11-14(8-9-17(16)20)7-4-10-21-18(22)23-13-15-5-2-1-3-6-15/h1-3,5-6,8-9,11H,10,12-13H2,(H,21,22). The third-order valence-electron chi connectivity index (χ3n) is 2.96. The van der Waals surface area contributed by atoms with E-state index in [-0.39, 0.29) is 13.2 Å². The molecular weight excluding hydrogens is 333 g/mol. The van der Waals surface area contributed by atoms with Gasteiger partial charge in [-0.1, -0.05) is 53.8 Å². The molecule has 0 aliphatic heterocycles. The van der Waals surface area contributed by atoms with E-state index in [2.05, 4.69) is 17.2 Å². The van der Waals surface area contributed by atoms with Gasteiger partial charge in [0.1, 0.15) is 6.61 Å². The molecule has 3 nitrogen and oxygen atoms in total. The first kappa shape index (κ1) is 17.2. The zero-order valence-electron chi connectivity index (χ0n) is 12.3. The van der Waals surface area contributed by atoms with Crippen molar-refractivity contribution in [2.75, 3.05) is 6.54 Å². The van der Waals surface area contributed by atoms with Crippen molar-refractivity contribution < 1.29 is 9.53 Å². The maximum Gasteiger partial charge on any atom is 0.408 e. The molecule has 0 radical (unpaired) electrons. The van der Waals surface area contributed by atoms with Gasteiger partial charge in [-0.3, -0.25) is 0 Å². The molecule has 0 atom stereocenters. The van der Waals surface area contributed by atoms with E-state index in [4.69, 9.17) is 27.9 Å². The van der Waals surface area contributed by atoms with Crippen LogP contribution in [0.2, 0.25) is 5.02 Å². The maximum atomic E-state index is 11.5. The Kier molecular flexibility index (Phi) is 6.80. The van der Waals surface area contributed by atoms with Crippen LogP contribution in [0, 0.1) is 11.8 Å². The van der Waals surface area contributed by atoms with Crippen LogP contribution in [0.5, 0.6) is 0 Å². The fourth-order valence-corrected chi connectivity index (χ4v) is 2.27. The van der Waals surface area contributed by atoms with E-state index in [1.807, 2.05) is 36.4 Å². The van der Waals surface area contributed by atoms with Crippen molar-refractivity contribution in [2.45, 2.75) is 12.5 Å². The summed E-state index contributed by atoms with van der Waals surface area (Å²) in [5.41, 5.74) is 2.56. The minimum absolute atomic E-state index is 0.201. The van der Waals surface area contributed by atoms with Gasteiger partial charge in [0.15, 0.2) is 0 Å². The lowest BCUT2D eigenvalue weighted by molar-refractivity contribution is 0.141. The molecule has 2 aromatic rings. The number of carbonyl (C=O) groups is 1. The van der Waals surface area contributed by atoms with Gasteiger partial charge < -0.3 is 10.1 Å². The fourth-order valence-electron chi connectivity index (χ4n) is 1.79. The van der Waals surface area contributed by atoms with E-state index in [9.17, 15) is 4.79 Å². The highest BCUT2D eigenvalue weighted by atomic mass is 35.5. The first-order valence-corrected chi connectivity index (χ1v) is 7.88. The van der Waals surface area contributed by atoms with Crippen LogP contribution in [0.15, 0.2) is 48.5 Å². The molecule has 2 aromatic carbocycles. The van der Waals surface area contributed by atoms with Crippen LogP contribution < -0.4 is 5.32 Å². The van der Waals surface area contributed by atoms with Gasteiger partial charge in [0.25, 0.3) is 0 Å². The minimum Gasteiger partial charge on any atom is -0.445 e. The van der Waals surface area contributed by atoms with Crippen LogP contribution in [-0.4, -0.2) is 12.6 Å². The van der Waals surface area contributed by atoms with Gasteiger partial charge in [0.2, 0.25) is 0 Å². The van der Waals surface area contributed by atoms with Crippen LogP contribution >= 0.6 is 23.2 Å². The minimum atomic E-state index is -0.499. The van der Waals surface area contributed by atoms with Crippen LogP contribution in [0.4, 0.5) is 4.79 Å². The van der Waals surface area contributed by atoms with Crippen LogP contribution in [0.3, 0.4) is 0 Å². The number of benzene rings is 2. The Balaban J connectivity index is 1.77. The van der Waals surface area contributed by atoms with Crippen molar-refractivity contribution in [3.05, 3.63) is 70.2 Å². The van der Waals surface area contributed by atoms with Gasteiger partial charge in [-0.05, 0) is 29.3 Å². The fraction of sp³-hybridized carbons (Fsp3) is 0.167. The maximum absolute atomic E-state index is 11.5. The van der Waals surface area contributed by atoms with E-state index in [0.717, 1.165) is 16.7 Å². The Labute approximate surface area is 145 Å². The molecule has 0 spiro atoms. The quantitative estimate of drug-likeness (QED) is 0.659. The number of alkyl carbamates (subject to hydrolysis) is 1. The second-order valence-electron chi connectivity index (χ2n) is 4.66. The van der Waals surface area contributed by atoms with Crippen molar-refractivity contribution in [3.63, 3.8) is 0 Å². The number of ether oxygens (including phenoxy) is 1. The number of halogens is 2. The van der Waals surface area contributed by atoms with Gasteiger partial charge in [-0.25, -0.2) is 4.79 Å². The SMILES string of the molecule is O=C(NCC#Cc1ccc(Cl)c(CCl)c1)OCc1ccccc1. The van der Waals surface area contributed by atoms with Gasteiger partial charge >= 0.3 is 6.09 Å². The summed E-state index contributed by atoms with van der Waals surface area (Å²) in [4.78, 5) is 11.5. The summed E-state index contributed by atoms with van der Waals surface area (Å²) >= 11 is 11.8. The molecule has 0 aliphatic rings. The molecule has 0 heterocycles. The third-order valence-corrected chi connectivity index (χ3v) is 3.61. The Morgan fingerprint density at radius 3 is 2.70 bits per heavy atom. The summed E-state index contributed by atoms with van der Waals surface area (Å²) < 4.78 is 5.08. The van der Waals surface area contributed by atoms with Crippen molar-refractivity contribution in [3.8, 4) is 11.8 Å². The highest BCUT2D eigenvalue weighted by molar-refractivity contribution is 6.32. The van der Waals surface area contributed by atoms with E-state index in [1.165, 1.54) is 0 Å². The number of carbonyl (C=O) groups excluding carboxylic acids is 1. The molecule has 2 rings (SSSR count). The van der Waals surface area contributed by atoms with Crippen LogP contribution in [-0.2, 0) is 17.2 Å². The number of nitrogens with one attached hydrogen (secondary N) is 1. The first-order chi connectivity index (χ1) is 11.2. The number of rotatable bonds is 4. The van der Waals surface area contributed by atoms with Crippen molar-refractivity contribution in [1.82, 2.24) is 5.32 Å². The van der Waals surface area contributed by atoms with Crippen molar-refractivity contribution >= 4 is 29.3 Å². The summed E-state index contributed by atoms with van der Waals surface area (Å²) in [7, 11) is 0. The molecule has 118 valence electrons. The molecule has 0 saturated heterocycles. The topological polar surface area (TPSA) is 38.3 Å². The summed E-state index contributed by atoms with van der Waals surface area (Å²) in [6.07, 6.45) is -0.499. The van der Waals surface area contributed by atoms with Gasteiger partial charge in [-0.2, -0.15) is 0 Å². The van der Waals surface area contributed by atoms with Gasteiger partial charge in [-0.15, -0.1) is 11.6 Å². The monoisotopic (exact) mass is 347 g/mol. The molecule has 0 saturated carbocycles. The van der Waals surface area contributed by atoms with Crippen LogP contribution in [0.25, 0.3) is 0 Å². The predicted octanol–water partition coefficient (Wildman–Crippen LogP) is 4.36. The molecule has 1 N–H and O–H groups in total. The molecule has 1 amide bonds. The lowest BCUT2D eigenvalue weighted by atomic mass is 10.1. The number of hydrogen-bond acceptors (Lipinski definition) is 2. The molecule has 0 aromatic heterocycles. The Bertz CT molecular complexity index is 721. The number of amides is 1. The normalized spacial score (nSPS) is 9.65. The second-order valence-corrected chi connectivity index (χ2v) is 5.33.